The highest BCUT2D eigenvalue weighted by molar-refractivity contribution is 5.85. The molecule has 0 aromatic heterocycles. The maximum Gasteiger partial charge on any atom is 0.329 e. The van der Waals surface area contributed by atoms with E-state index in [1.54, 1.807) is 0 Å². The van der Waals surface area contributed by atoms with E-state index in [-0.39, 0.29) is 0 Å². The van der Waals surface area contributed by atoms with Gasteiger partial charge in [-0.3, -0.25) is 0 Å². The number of hydrogen-bond acceptors (Lipinski definition) is 3. The molecule has 112 valence electrons. The third-order valence-corrected chi connectivity index (χ3v) is 2.93. The summed E-state index contributed by atoms with van der Waals surface area (Å²) in [6, 6.07) is -0.414. The molecule has 0 radical (unpaired) electrons. The molecule has 1 unspecified atom stereocenters. The standard InChI is InChI=1S/C13H27N3O3/c1-5-8-13(2,11(17)18)15-12(19)14-9-6-7-10-16(3)4/h5-10H2,1-4H3,(H,17,18)(H2,14,15,19). The van der Waals surface area contributed by atoms with Crippen molar-refractivity contribution >= 4 is 12.0 Å². The number of rotatable bonds is 9. The van der Waals surface area contributed by atoms with Crippen molar-refractivity contribution in [3.05, 3.63) is 0 Å². The lowest BCUT2D eigenvalue weighted by atomic mass is 9.97. The molecular formula is C13H27N3O3. The molecule has 0 saturated carbocycles. The number of carboxylic acids is 1. The molecule has 0 fully saturated rings. The van der Waals surface area contributed by atoms with Gasteiger partial charge in [-0.2, -0.15) is 0 Å². The van der Waals surface area contributed by atoms with Gasteiger partial charge in [0.05, 0.1) is 0 Å². The summed E-state index contributed by atoms with van der Waals surface area (Å²) in [5.74, 6) is -1.00. The Labute approximate surface area is 115 Å². The number of carboxylic acid groups (broad SMARTS) is 1. The van der Waals surface area contributed by atoms with Gasteiger partial charge in [-0.15, -0.1) is 0 Å². The van der Waals surface area contributed by atoms with Crippen LogP contribution in [0, 0.1) is 0 Å². The second-order valence-corrected chi connectivity index (χ2v) is 5.28. The average molecular weight is 273 g/mol. The molecule has 0 aromatic rings. The van der Waals surface area contributed by atoms with Crippen LogP contribution in [0.15, 0.2) is 0 Å². The summed E-state index contributed by atoms with van der Waals surface area (Å²) in [6.45, 7) is 4.96. The van der Waals surface area contributed by atoms with Gasteiger partial charge in [0.25, 0.3) is 0 Å². The van der Waals surface area contributed by atoms with Crippen molar-refractivity contribution in [2.24, 2.45) is 0 Å². The number of carbonyl (C=O) groups excluding carboxylic acids is 1. The summed E-state index contributed by atoms with van der Waals surface area (Å²) in [7, 11) is 4.01. The van der Waals surface area contributed by atoms with Gasteiger partial charge in [0, 0.05) is 6.54 Å². The molecule has 0 aliphatic rings. The normalized spacial score (nSPS) is 13.9. The van der Waals surface area contributed by atoms with E-state index in [4.69, 9.17) is 5.11 Å². The summed E-state index contributed by atoms with van der Waals surface area (Å²) >= 11 is 0. The second-order valence-electron chi connectivity index (χ2n) is 5.28. The van der Waals surface area contributed by atoms with E-state index in [1.165, 1.54) is 6.92 Å². The van der Waals surface area contributed by atoms with E-state index >= 15 is 0 Å². The molecule has 3 N–H and O–H groups in total. The first-order chi connectivity index (χ1) is 8.81. The molecule has 6 nitrogen and oxygen atoms in total. The summed E-state index contributed by atoms with van der Waals surface area (Å²) in [6.07, 6.45) is 2.99. The molecule has 0 rings (SSSR count). The summed E-state index contributed by atoms with van der Waals surface area (Å²) in [4.78, 5) is 24.9. The zero-order valence-corrected chi connectivity index (χ0v) is 12.5. The number of aliphatic carboxylic acids is 1. The summed E-state index contributed by atoms with van der Waals surface area (Å²) in [5, 5.41) is 14.4. The van der Waals surface area contributed by atoms with E-state index in [9.17, 15) is 9.59 Å². The van der Waals surface area contributed by atoms with Gasteiger partial charge in [-0.25, -0.2) is 9.59 Å². The Kier molecular flexibility index (Phi) is 8.14. The number of unbranched alkanes of at least 4 members (excludes halogenated alkanes) is 1. The fourth-order valence-corrected chi connectivity index (χ4v) is 1.77. The van der Waals surface area contributed by atoms with Gasteiger partial charge in [-0.05, 0) is 46.8 Å². The number of hydrogen-bond donors (Lipinski definition) is 3. The van der Waals surface area contributed by atoms with Crippen LogP contribution in [0.5, 0.6) is 0 Å². The average Bonchev–Trinajstić information content (AvgIpc) is 2.28. The van der Waals surface area contributed by atoms with Crippen LogP contribution in [0.1, 0.15) is 39.5 Å². The van der Waals surface area contributed by atoms with Crippen molar-refractivity contribution in [3.8, 4) is 0 Å². The summed E-state index contributed by atoms with van der Waals surface area (Å²) in [5.41, 5.74) is -1.19. The topological polar surface area (TPSA) is 81.7 Å². The monoisotopic (exact) mass is 273 g/mol. The van der Waals surface area contributed by atoms with Crippen LogP contribution in [0.3, 0.4) is 0 Å². The van der Waals surface area contributed by atoms with E-state index in [1.807, 2.05) is 21.0 Å². The molecule has 2 amide bonds. The van der Waals surface area contributed by atoms with Crippen molar-refractivity contribution in [2.45, 2.75) is 45.1 Å². The molecule has 19 heavy (non-hydrogen) atoms. The minimum atomic E-state index is -1.19. The number of carbonyl (C=O) groups is 2. The summed E-state index contributed by atoms with van der Waals surface area (Å²) < 4.78 is 0. The van der Waals surface area contributed by atoms with Crippen LogP contribution in [0.2, 0.25) is 0 Å². The zero-order valence-electron chi connectivity index (χ0n) is 12.5. The molecular weight excluding hydrogens is 246 g/mol. The zero-order chi connectivity index (χ0) is 14.9. The van der Waals surface area contributed by atoms with E-state index in [0.29, 0.717) is 19.4 Å². The SMILES string of the molecule is CCCC(C)(NC(=O)NCCCCN(C)C)C(=O)O. The van der Waals surface area contributed by atoms with Crippen LogP contribution >= 0.6 is 0 Å². The number of amides is 2. The Balaban J connectivity index is 3.98. The first kappa shape index (κ1) is 17.7. The highest BCUT2D eigenvalue weighted by Gasteiger charge is 2.33. The molecule has 0 saturated heterocycles. The number of urea groups is 1. The highest BCUT2D eigenvalue weighted by atomic mass is 16.4. The Morgan fingerprint density at radius 2 is 1.89 bits per heavy atom. The molecule has 0 aromatic carbocycles. The molecule has 0 heterocycles. The van der Waals surface area contributed by atoms with E-state index in [2.05, 4.69) is 15.5 Å². The largest absolute Gasteiger partial charge is 0.480 e. The molecule has 0 aliphatic heterocycles. The van der Waals surface area contributed by atoms with Crippen LogP contribution in [0.4, 0.5) is 4.79 Å². The maximum atomic E-state index is 11.6. The van der Waals surface area contributed by atoms with Gasteiger partial charge < -0.3 is 20.6 Å². The predicted molar refractivity (Wildman–Crippen MR) is 75.3 cm³/mol. The third kappa shape index (κ3) is 7.66. The maximum absolute atomic E-state index is 11.6. The van der Waals surface area contributed by atoms with Gasteiger partial charge in [-0.1, -0.05) is 13.3 Å². The molecule has 0 aliphatic carbocycles. The molecule has 0 bridgehead atoms. The molecule has 0 spiro atoms. The Morgan fingerprint density at radius 3 is 2.37 bits per heavy atom. The Morgan fingerprint density at radius 1 is 1.26 bits per heavy atom. The minimum absolute atomic E-state index is 0.413. The number of nitrogens with zero attached hydrogens (tertiary/aromatic N) is 1. The van der Waals surface area contributed by atoms with Crippen molar-refractivity contribution < 1.29 is 14.7 Å². The fraction of sp³-hybridized carbons (Fsp3) is 0.846. The molecule has 6 heteroatoms. The fourth-order valence-electron chi connectivity index (χ4n) is 1.77. The third-order valence-electron chi connectivity index (χ3n) is 2.93. The van der Waals surface area contributed by atoms with Crippen LogP contribution < -0.4 is 10.6 Å². The minimum Gasteiger partial charge on any atom is -0.480 e. The van der Waals surface area contributed by atoms with Crippen LogP contribution in [-0.4, -0.2) is 54.7 Å². The van der Waals surface area contributed by atoms with E-state index < -0.39 is 17.5 Å². The highest BCUT2D eigenvalue weighted by Crippen LogP contribution is 2.12. The van der Waals surface area contributed by atoms with Gasteiger partial charge >= 0.3 is 12.0 Å². The first-order valence-corrected chi connectivity index (χ1v) is 6.76. The smallest absolute Gasteiger partial charge is 0.329 e. The first-order valence-electron chi connectivity index (χ1n) is 6.76. The lowest BCUT2D eigenvalue weighted by Gasteiger charge is -2.25. The van der Waals surface area contributed by atoms with Gasteiger partial charge in [0.2, 0.25) is 0 Å². The lowest BCUT2D eigenvalue weighted by Crippen LogP contribution is -2.55. The molecule has 1 atom stereocenters. The van der Waals surface area contributed by atoms with Gasteiger partial charge in [0.1, 0.15) is 5.54 Å². The Hall–Kier alpha value is -1.30. The quantitative estimate of drug-likeness (QED) is 0.553. The van der Waals surface area contributed by atoms with Crippen molar-refractivity contribution in [3.63, 3.8) is 0 Å². The predicted octanol–water partition coefficient (Wildman–Crippen LogP) is 1.27. The van der Waals surface area contributed by atoms with Crippen molar-refractivity contribution in [1.29, 1.82) is 0 Å². The number of nitrogens with one attached hydrogen (secondary N) is 2. The van der Waals surface area contributed by atoms with Gasteiger partial charge in [0.15, 0.2) is 0 Å². The lowest BCUT2D eigenvalue weighted by molar-refractivity contribution is -0.144. The second kappa shape index (κ2) is 8.74. The van der Waals surface area contributed by atoms with Crippen molar-refractivity contribution in [1.82, 2.24) is 15.5 Å². The Bertz CT molecular complexity index is 295. The van der Waals surface area contributed by atoms with E-state index in [0.717, 1.165) is 19.4 Å². The van der Waals surface area contributed by atoms with Crippen LogP contribution in [-0.2, 0) is 4.79 Å². The van der Waals surface area contributed by atoms with Crippen LogP contribution in [0.25, 0.3) is 0 Å². The van der Waals surface area contributed by atoms with Crippen molar-refractivity contribution in [2.75, 3.05) is 27.2 Å².